The van der Waals surface area contributed by atoms with Crippen LogP contribution >= 0.6 is 0 Å². The van der Waals surface area contributed by atoms with Gasteiger partial charge >= 0.3 is 12.1 Å². The summed E-state index contributed by atoms with van der Waals surface area (Å²) in [6.07, 6.45) is 0.923. The molecule has 0 aromatic heterocycles. The number of fused-ring (bicyclic) bond motifs is 3. The number of carboxylic acids is 1. The molecule has 0 unspecified atom stereocenters. The minimum atomic E-state index is -1.07. The van der Waals surface area contributed by atoms with Gasteiger partial charge in [-0.2, -0.15) is 0 Å². The standard InChI is InChI=1S/C27H27NO5/c1-32-19-15-13-18(14-16-19)7-6-12-25(26(29)30)28-27(31)33-17-24-22-10-4-2-8-20(22)21-9-3-5-11-23(21)24/h2-5,8-11,13-16,24-25H,6-7,12,17H2,1H3,(H,28,31)(H,29,30)/t25-/m0/s1. The Morgan fingerprint density at radius 2 is 1.55 bits per heavy atom. The molecular weight excluding hydrogens is 418 g/mol. The number of amides is 1. The first kappa shape index (κ1) is 22.4. The third kappa shape index (κ3) is 5.17. The summed E-state index contributed by atoms with van der Waals surface area (Å²) in [5, 5.41) is 12.1. The van der Waals surface area contributed by atoms with Gasteiger partial charge in [0.05, 0.1) is 7.11 Å². The van der Waals surface area contributed by atoms with Crippen LogP contribution < -0.4 is 10.1 Å². The first-order valence-electron chi connectivity index (χ1n) is 11.0. The van der Waals surface area contributed by atoms with Crippen LogP contribution in [0.4, 0.5) is 4.79 Å². The highest BCUT2D eigenvalue weighted by Crippen LogP contribution is 2.44. The van der Waals surface area contributed by atoms with Crippen LogP contribution in [0.3, 0.4) is 0 Å². The van der Waals surface area contributed by atoms with Crippen molar-refractivity contribution in [1.82, 2.24) is 5.32 Å². The lowest BCUT2D eigenvalue weighted by Crippen LogP contribution is -2.41. The number of carbonyl (C=O) groups excluding carboxylic acids is 1. The van der Waals surface area contributed by atoms with E-state index in [0.717, 1.165) is 33.6 Å². The van der Waals surface area contributed by atoms with E-state index in [4.69, 9.17) is 9.47 Å². The lowest BCUT2D eigenvalue weighted by atomic mass is 9.98. The zero-order valence-corrected chi connectivity index (χ0v) is 18.5. The van der Waals surface area contributed by atoms with E-state index in [0.29, 0.717) is 19.3 Å². The maximum atomic E-state index is 12.4. The average molecular weight is 446 g/mol. The molecule has 1 amide bonds. The van der Waals surface area contributed by atoms with Crippen LogP contribution in [0.1, 0.15) is 35.4 Å². The second-order valence-electron chi connectivity index (χ2n) is 8.10. The van der Waals surface area contributed by atoms with Crippen LogP contribution in [0.5, 0.6) is 5.75 Å². The maximum Gasteiger partial charge on any atom is 0.407 e. The second kappa shape index (κ2) is 10.2. The lowest BCUT2D eigenvalue weighted by Gasteiger charge is -2.17. The fourth-order valence-electron chi connectivity index (χ4n) is 4.34. The molecule has 33 heavy (non-hydrogen) atoms. The topological polar surface area (TPSA) is 84.9 Å². The van der Waals surface area contributed by atoms with E-state index in [1.165, 1.54) is 0 Å². The molecule has 0 saturated carbocycles. The summed E-state index contributed by atoms with van der Waals surface area (Å²) in [5.74, 6) is -0.362. The van der Waals surface area contributed by atoms with E-state index < -0.39 is 18.1 Å². The molecule has 3 aromatic carbocycles. The number of hydrogen-bond acceptors (Lipinski definition) is 4. The summed E-state index contributed by atoms with van der Waals surface area (Å²) in [5.41, 5.74) is 5.59. The fourth-order valence-corrected chi connectivity index (χ4v) is 4.34. The number of hydrogen-bond donors (Lipinski definition) is 2. The van der Waals surface area contributed by atoms with Crippen molar-refractivity contribution in [2.45, 2.75) is 31.2 Å². The molecule has 4 rings (SSSR count). The lowest BCUT2D eigenvalue weighted by molar-refractivity contribution is -0.139. The van der Waals surface area contributed by atoms with Gasteiger partial charge in [-0.25, -0.2) is 9.59 Å². The molecule has 0 saturated heterocycles. The zero-order valence-electron chi connectivity index (χ0n) is 18.5. The molecule has 1 aliphatic rings. The molecule has 0 radical (unpaired) electrons. The van der Waals surface area contributed by atoms with Crippen molar-refractivity contribution in [3.8, 4) is 16.9 Å². The molecule has 6 heteroatoms. The van der Waals surface area contributed by atoms with Crippen LogP contribution in [0, 0.1) is 0 Å². The third-order valence-corrected chi connectivity index (χ3v) is 6.05. The summed E-state index contributed by atoms with van der Waals surface area (Å²) in [4.78, 5) is 24.1. The number of carbonyl (C=O) groups is 2. The average Bonchev–Trinajstić information content (AvgIpc) is 3.16. The highest BCUT2D eigenvalue weighted by atomic mass is 16.5. The van der Waals surface area contributed by atoms with Gasteiger partial charge in [0.1, 0.15) is 18.4 Å². The van der Waals surface area contributed by atoms with Crippen molar-refractivity contribution < 1.29 is 24.2 Å². The predicted octanol–water partition coefficient (Wildman–Crippen LogP) is 5.01. The zero-order chi connectivity index (χ0) is 23.2. The summed E-state index contributed by atoms with van der Waals surface area (Å²) in [6, 6.07) is 22.8. The monoisotopic (exact) mass is 445 g/mol. The van der Waals surface area contributed by atoms with Gasteiger partial charge in [-0.15, -0.1) is 0 Å². The Kier molecular flexibility index (Phi) is 6.93. The van der Waals surface area contributed by atoms with Crippen LogP contribution in [-0.4, -0.2) is 36.9 Å². The first-order chi connectivity index (χ1) is 16.1. The number of nitrogens with one attached hydrogen (secondary N) is 1. The Hall–Kier alpha value is -3.80. The quantitative estimate of drug-likeness (QED) is 0.484. The van der Waals surface area contributed by atoms with E-state index in [-0.39, 0.29) is 12.5 Å². The highest BCUT2D eigenvalue weighted by molar-refractivity contribution is 5.81. The number of methoxy groups -OCH3 is 1. The van der Waals surface area contributed by atoms with Gasteiger partial charge in [0, 0.05) is 5.92 Å². The molecule has 0 fully saturated rings. The number of ether oxygens (including phenoxy) is 2. The number of rotatable bonds is 9. The summed E-state index contributed by atoms with van der Waals surface area (Å²) in [7, 11) is 1.61. The number of carboxylic acid groups (broad SMARTS) is 1. The maximum absolute atomic E-state index is 12.4. The van der Waals surface area contributed by atoms with E-state index in [2.05, 4.69) is 17.4 Å². The minimum absolute atomic E-state index is 0.0681. The smallest absolute Gasteiger partial charge is 0.407 e. The van der Waals surface area contributed by atoms with Crippen LogP contribution in [0.25, 0.3) is 11.1 Å². The summed E-state index contributed by atoms with van der Waals surface area (Å²) < 4.78 is 10.6. The molecule has 170 valence electrons. The Labute approximate surface area is 193 Å². The van der Waals surface area contributed by atoms with Crippen molar-refractivity contribution >= 4 is 12.1 Å². The molecule has 3 aromatic rings. The molecule has 6 nitrogen and oxygen atoms in total. The van der Waals surface area contributed by atoms with Gasteiger partial charge in [-0.1, -0.05) is 60.7 Å². The Morgan fingerprint density at radius 1 is 0.939 bits per heavy atom. The van der Waals surface area contributed by atoms with Crippen LogP contribution in [0.15, 0.2) is 72.8 Å². The first-order valence-corrected chi connectivity index (χ1v) is 11.0. The largest absolute Gasteiger partial charge is 0.497 e. The van der Waals surface area contributed by atoms with E-state index in [1.807, 2.05) is 60.7 Å². The van der Waals surface area contributed by atoms with E-state index in [1.54, 1.807) is 7.11 Å². The molecule has 0 bridgehead atoms. The van der Waals surface area contributed by atoms with Crippen molar-refractivity contribution in [2.24, 2.45) is 0 Å². The second-order valence-corrected chi connectivity index (χ2v) is 8.10. The van der Waals surface area contributed by atoms with Gasteiger partial charge in [0.25, 0.3) is 0 Å². The van der Waals surface area contributed by atoms with Gasteiger partial charge in [0.15, 0.2) is 0 Å². The molecule has 1 aliphatic carbocycles. The Balaban J connectivity index is 1.32. The van der Waals surface area contributed by atoms with Crippen LogP contribution in [-0.2, 0) is 16.0 Å². The number of aliphatic carboxylic acids is 1. The highest BCUT2D eigenvalue weighted by Gasteiger charge is 2.29. The number of alkyl carbamates (subject to hydrolysis) is 1. The Morgan fingerprint density at radius 3 is 2.12 bits per heavy atom. The summed E-state index contributed by atoms with van der Waals surface area (Å²) in [6.45, 7) is 0.151. The molecular formula is C27H27NO5. The van der Waals surface area contributed by atoms with Gasteiger partial charge in [-0.05, 0) is 59.2 Å². The van der Waals surface area contributed by atoms with E-state index in [9.17, 15) is 14.7 Å². The third-order valence-electron chi connectivity index (χ3n) is 6.05. The predicted molar refractivity (Wildman–Crippen MR) is 126 cm³/mol. The number of aryl methyl sites for hydroxylation is 1. The molecule has 2 N–H and O–H groups in total. The van der Waals surface area contributed by atoms with Crippen molar-refractivity contribution in [1.29, 1.82) is 0 Å². The SMILES string of the molecule is COc1ccc(CCC[C@H](NC(=O)OCC2c3ccccc3-c3ccccc32)C(=O)O)cc1. The van der Waals surface area contributed by atoms with Gasteiger partial charge in [-0.3, -0.25) is 0 Å². The minimum Gasteiger partial charge on any atom is -0.497 e. The number of benzene rings is 3. The normalized spacial score (nSPS) is 13.0. The van der Waals surface area contributed by atoms with E-state index >= 15 is 0 Å². The molecule has 0 spiro atoms. The van der Waals surface area contributed by atoms with Gasteiger partial charge in [0.2, 0.25) is 0 Å². The van der Waals surface area contributed by atoms with Crippen molar-refractivity contribution in [3.63, 3.8) is 0 Å². The van der Waals surface area contributed by atoms with Crippen LogP contribution in [0.2, 0.25) is 0 Å². The fraction of sp³-hybridized carbons (Fsp3) is 0.259. The Bertz CT molecular complexity index is 1080. The van der Waals surface area contributed by atoms with Crippen molar-refractivity contribution in [3.05, 3.63) is 89.5 Å². The summed E-state index contributed by atoms with van der Waals surface area (Å²) >= 11 is 0. The van der Waals surface area contributed by atoms with Gasteiger partial charge < -0.3 is 19.9 Å². The molecule has 1 atom stereocenters. The van der Waals surface area contributed by atoms with Crippen molar-refractivity contribution in [2.75, 3.05) is 13.7 Å². The molecule has 0 aliphatic heterocycles. The molecule has 0 heterocycles.